The summed E-state index contributed by atoms with van der Waals surface area (Å²) in [7, 11) is 0. The number of carbonyl (C=O) groups is 1. The number of rotatable bonds is 5. The molecule has 0 saturated carbocycles. The molecule has 6 heteroatoms. The minimum atomic E-state index is -0.114. The molecule has 0 fully saturated rings. The predicted octanol–water partition coefficient (Wildman–Crippen LogP) is 5.15. The van der Waals surface area contributed by atoms with Gasteiger partial charge in [0.25, 0.3) is 5.91 Å². The first-order valence-corrected chi connectivity index (χ1v) is 10.0. The Morgan fingerprint density at radius 2 is 1.81 bits per heavy atom. The van der Waals surface area contributed by atoms with Gasteiger partial charge in [0, 0.05) is 11.1 Å². The molecule has 0 saturated heterocycles. The molecule has 4 rings (SSSR count). The molecule has 3 aromatic heterocycles. The highest BCUT2D eigenvalue weighted by Crippen LogP contribution is 2.28. The van der Waals surface area contributed by atoms with Gasteiger partial charge in [0.05, 0.1) is 22.2 Å². The molecule has 4 aromatic rings. The van der Waals surface area contributed by atoms with E-state index in [9.17, 15) is 4.79 Å². The summed E-state index contributed by atoms with van der Waals surface area (Å²) in [6, 6.07) is 17.8. The normalized spacial score (nSPS) is 12.0. The van der Waals surface area contributed by atoms with Crippen molar-refractivity contribution in [2.24, 2.45) is 0 Å². The fourth-order valence-corrected chi connectivity index (χ4v) is 4.19. The zero-order valence-corrected chi connectivity index (χ0v) is 15.8. The maximum absolute atomic E-state index is 13.0. The van der Waals surface area contributed by atoms with Crippen molar-refractivity contribution in [2.45, 2.75) is 13.0 Å². The molecule has 1 aromatic carbocycles. The van der Waals surface area contributed by atoms with E-state index in [0.717, 1.165) is 15.4 Å². The molecule has 0 bridgehead atoms. The number of carbonyl (C=O) groups excluding carboxylic acids is 1. The lowest BCUT2D eigenvalue weighted by Crippen LogP contribution is -2.26. The Morgan fingerprint density at radius 3 is 2.50 bits per heavy atom. The summed E-state index contributed by atoms with van der Waals surface area (Å²) in [6.45, 7) is 2.00. The molecule has 1 amide bonds. The average Bonchev–Trinajstić information content (AvgIpc) is 3.43. The monoisotopic (exact) mass is 379 g/mol. The summed E-state index contributed by atoms with van der Waals surface area (Å²) in [5, 5.41) is 11.8. The van der Waals surface area contributed by atoms with Crippen LogP contribution >= 0.6 is 22.7 Å². The van der Waals surface area contributed by atoms with Gasteiger partial charge in [-0.05, 0) is 41.9 Å². The highest BCUT2D eigenvalue weighted by atomic mass is 32.1. The fraction of sp³-hybridized carbons (Fsp3) is 0.100. The van der Waals surface area contributed by atoms with Gasteiger partial charge in [-0.2, -0.15) is 5.10 Å². The fourth-order valence-electron chi connectivity index (χ4n) is 2.73. The quantitative estimate of drug-likeness (QED) is 0.521. The number of benzene rings is 1. The number of hydrogen-bond acceptors (Lipinski definition) is 4. The van der Waals surface area contributed by atoms with Crippen LogP contribution in [0.3, 0.4) is 0 Å². The average molecular weight is 380 g/mol. The van der Waals surface area contributed by atoms with E-state index >= 15 is 0 Å². The van der Waals surface area contributed by atoms with Crippen molar-refractivity contribution in [3.05, 3.63) is 82.0 Å². The smallest absolute Gasteiger partial charge is 0.255 e. The number of para-hydroxylation sites is 1. The molecule has 3 heterocycles. The van der Waals surface area contributed by atoms with E-state index in [0.29, 0.717) is 11.3 Å². The maximum Gasteiger partial charge on any atom is 0.255 e. The molecule has 130 valence electrons. The molecule has 0 spiro atoms. The zero-order chi connectivity index (χ0) is 17.9. The van der Waals surface area contributed by atoms with Crippen molar-refractivity contribution in [1.29, 1.82) is 0 Å². The molecule has 4 nitrogen and oxygen atoms in total. The van der Waals surface area contributed by atoms with Gasteiger partial charge in [0.15, 0.2) is 0 Å². The molecular weight excluding hydrogens is 362 g/mol. The minimum Gasteiger partial charge on any atom is -0.345 e. The van der Waals surface area contributed by atoms with Gasteiger partial charge in [-0.1, -0.05) is 30.3 Å². The molecule has 1 N–H and O–H groups in total. The summed E-state index contributed by atoms with van der Waals surface area (Å²) < 4.78 is 1.76. The third-order valence-electron chi connectivity index (χ3n) is 4.05. The third kappa shape index (κ3) is 3.34. The number of amides is 1. The molecule has 0 aliphatic carbocycles. The Bertz CT molecular complexity index is 989. The van der Waals surface area contributed by atoms with Crippen LogP contribution in [0.2, 0.25) is 0 Å². The number of thiophene rings is 2. The van der Waals surface area contributed by atoms with Crippen LogP contribution in [0.1, 0.15) is 28.2 Å². The van der Waals surface area contributed by atoms with E-state index < -0.39 is 0 Å². The molecule has 0 aliphatic heterocycles. The zero-order valence-electron chi connectivity index (χ0n) is 14.1. The second-order valence-corrected chi connectivity index (χ2v) is 7.79. The Labute approximate surface area is 159 Å². The number of aromatic nitrogens is 2. The van der Waals surface area contributed by atoms with Crippen LogP contribution in [0.4, 0.5) is 0 Å². The van der Waals surface area contributed by atoms with Gasteiger partial charge in [-0.25, -0.2) is 4.68 Å². The van der Waals surface area contributed by atoms with Gasteiger partial charge >= 0.3 is 0 Å². The maximum atomic E-state index is 13.0. The summed E-state index contributed by atoms with van der Waals surface area (Å²) >= 11 is 3.22. The molecular formula is C20H17N3OS2. The van der Waals surface area contributed by atoms with Crippen LogP contribution < -0.4 is 5.32 Å². The van der Waals surface area contributed by atoms with Crippen molar-refractivity contribution < 1.29 is 4.79 Å². The minimum absolute atomic E-state index is 0.0428. The van der Waals surface area contributed by atoms with Crippen LogP contribution in [0.25, 0.3) is 16.3 Å². The molecule has 26 heavy (non-hydrogen) atoms. The van der Waals surface area contributed by atoms with Crippen LogP contribution in [0, 0.1) is 0 Å². The van der Waals surface area contributed by atoms with Gasteiger partial charge < -0.3 is 5.32 Å². The van der Waals surface area contributed by atoms with Crippen LogP contribution in [0.15, 0.2) is 71.6 Å². The predicted molar refractivity (Wildman–Crippen MR) is 107 cm³/mol. The van der Waals surface area contributed by atoms with Crippen molar-refractivity contribution in [3.63, 3.8) is 0 Å². The molecule has 1 unspecified atom stereocenters. The van der Waals surface area contributed by atoms with E-state index in [1.54, 1.807) is 33.6 Å². The van der Waals surface area contributed by atoms with E-state index in [1.165, 1.54) is 0 Å². The van der Waals surface area contributed by atoms with Crippen LogP contribution in [-0.4, -0.2) is 15.7 Å². The Kier molecular flexibility index (Phi) is 4.69. The van der Waals surface area contributed by atoms with Gasteiger partial charge in [0.1, 0.15) is 5.69 Å². The number of hydrogen-bond donors (Lipinski definition) is 1. The second kappa shape index (κ2) is 7.27. The molecule has 0 radical (unpaired) electrons. The molecule has 0 aliphatic rings. The lowest BCUT2D eigenvalue weighted by molar-refractivity contribution is 0.0941. The first kappa shape index (κ1) is 16.8. The topological polar surface area (TPSA) is 46.9 Å². The van der Waals surface area contributed by atoms with Crippen molar-refractivity contribution in [1.82, 2.24) is 15.1 Å². The molecule has 1 atom stereocenters. The van der Waals surface area contributed by atoms with Crippen molar-refractivity contribution in [2.75, 3.05) is 0 Å². The number of nitrogens with one attached hydrogen (secondary N) is 1. The lowest BCUT2D eigenvalue weighted by Gasteiger charge is -2.11. The highest BCUT2D eigenvalue weighted by Gasteiger charge is 2.21. The largest absolute Gasteiger partial charge is 0.345 e. The van der Waals surface area contributed by atoms with E-state index in [2.05, 4.69) is 10.4 Å². The first-order valence-electron chi connectivity index (χ1n) is 8.25. The second-order valence-electron chi connectivity index (χ2n) is 5.86. The van der Waals surface area contributed by atoms with Crippen molar-refractivity contribution in [3.8, 4) is 16.3 Å². The van der Waals surface area contributed by atoms with Crippen LogP contribution in [0.5, 0.6) is 0 Å². The lowest BCUT2D eigenvalue weighted by atomic mass is 10.2. The summed E-state index contributed by atoms with van der Waals surface area (Å²) in [4.78, 5) is 15.1. The van der Waals surface area contributed by atoms with Crippen LogP contribution in [-0.2, 0) is 0 Å². The summed E-state index contributed by atoms with van der Waals surface area (Å²) in [5.74, 6) is -0.114. The van der Waals surface area contributed by atoms with E-state index in [-0.39, 0.29) is 11.9 Å². The van der Waals surface area contributed by atoms with E-state index in [1.807, 2.05) is 72.3 Å². The standard InChI is InChI=1S/C20H17N3OS2/c1-14(17-9-5-11-25-17)21-20(24)16-13-23(15-7-3-2-4-8-15)22-19(16)18-10-6-12-26-18/h2-14H,1H3,(H,21,24). The van der Waals surface area contributed by atoms with Gasteiger partial charge in [-0.3, -0.25) is 4.79 Å². The first-order chi connectivity index (χ1) is 12.7. The summed E-state index contributed by atoms with van der Waals surface area (Å²) in [5.41, 5.74) is 2.22. The van der Waals surface area contributed by atoms with Gasteiger partial charge in [-0.15, -0.1) is 22.7 Å². The Balaban J connectivity index is 1.70. The Hall–Kier alpha value is -2.70. The summed E-state index contributed by atoms with van der Waals surface area (Å²) in [6.07, 6.45) is 1.81. The van der Waals surface area contributed by atoms with Crippen molar-refractivity contribution >= 4 is 28.6 Å². The SMILES string of the molecule is CC(NC(=O)c1cn(-c2ccccc2)nc1-c1cccs1)c1cccs1. The van der Waals surface area contributed by atoms with Gasteiger partial charge in [0.2, 0.25) is 0 Å². The number of nitrogens with zero attached hydrogens (tertiary/aromatic N) is 2. The highest BCUT2D eigenvalue weighted by molar-refractivity contribution is 7.13. The Morgan fingerprint density at radius 1 is 1.04 bits per heavy atom. The third-order valence-corrected chi connectivity index (χ3v) is 5.98. The van der Waals surface area contributed by atoms with E-state index in [4.69, 9.17) is 0 Å².